The number of methoxy groups -OCH3 is 1. The Balaban J connectivity index is 2.20. The Morgan fingerprint density at radius 1 is 1.11 bits per heavy atom. The predicted octanol–water partition coefficient (Wildman–Crippen LogP) is 2.38. The molecule has 1 heterocycles. The largest absolute Gasteiger partial charge is 0.497 e. The standard InChI is InChI=1S/C13H12O3S2/c1-16-13-6-4-12(5-7-13)8-11-18(14,15)17-9-2-3-10-17/h2-7,9-10,17H,1H3. The second-order valence-electron chi connectivity index (χ2n) is 3.47. The van der Waals surface area contributed by atoms with Gasteiger partial charge in [-0.15, -0.1) is 0 Å². The summed E-state index contributed by atoms with van der Waals surface area (Å²) in [5, 5.41) is 5.71. The van der Waals surface area contributed by atoms with Crippen LogP contribution in [-0.2, 0) is 8.87 Å². The van der Waals surface area contributed by atoms with Crippen LogP contribution in [0.15, 0.2) is 47.2 Å². The number of allylic oxidation sites excluding steroid dienone is 2. The van der Waals surface area contributed by atoms with Crippen LogP contribution in [0.1, 0.15) is 5.56 Å². The van der Waals surface area contributed by atoms with Crippen LogP contribution in [0.5, 0.6) is 5.75 Å². The summed E-state index contributed by atoms with van der Waals surface area (Å²) in [4.78, 5) is 0. The molecule has 94 valence electrons. The number of thiol groups is 1. The number of ether oxygens (including phenoxy) is 1. The van der Waals surface area contributed by atoms with Crippen molar-refractivity contribution in [2.75, 3.05) is 7.11 Å². The maximum Gasteiger partial charge on any atom is 0.256 e. The van der Waals surface area contributed by atoms with Gasteiger partial charge in [0, 0.05) is 10.8 Å². The maximum absolute atomic E-state index is 11.9. The monoisotopic (exact) mass is 280 g/mol. The number of benzene rings is 1. The summed E-state index contributed by atoms with van der Waals surface area (Å²) in [6.45, 7) is 0. The van der Waals surface area contributed by atoms with Crippen LogP contribution < -0.4 is 4.74 Å². The molecule has 1 aliphatic rings. The van der Waals surface area contributed by atoms with E-state index < -0.39 is 18.8 Å². The van der Waals surface area contributed by atoms with E-state index in [0.29, 0.717) is 5.56 Å². The van der Waals surface area contributed by atoms with Crippen LogP contribution >= 0.6 is 9.93 Å². The van der Waals surface area contributed by atoms with Gasteiger partial charge in [0.25, 0.3) is 8.87 Å². The normalized spacial score (nSPS) is 15.3. The SMILES string of the molecule is COc1ccc(C#CS(=O)(=O)[SH]2C=CC=C2)cc1. The minimum atomic E-state index is -3.38. The third-order valence-electron chi connectivity index (χ3n) is 2.27. The van der Waals surface area contributed by atoms with E-state index in [1.807, 2.05) is 0 Å². The van der Waals surface area contributed by atoms with E-state index in [9.17, 15) is 8.42 Å². The van der Waals surface area contributed by atoms with E-state index in [0.717, 1.165) is 5.75 Å². The molecule has 0 radical (unpaired) electrons. The molecule has 0 fully saturated rings. The van der Waals surface area contributed by atoms with Crippen molar-refractivity contribution in [2.45, 2.75) is 0 Å². The van der Waals surface area contributed by atoms with Crippen LogP contribution in [0.25, 0.3) is 0 Å². The third kappa shape index (κ3) is 2.97. The van der Waals surface area contributed by atoms with Gasteiger partial charge in [-0.05, 0) is 41.0 Å². The first-order valence-corrected chi connectivity index (χ1v) is 8.74. The van der Waals surface area contributed by atoms with Crippen LogP contribution in [0.3, 0.4) is 0 Å². The zero-order valence-electron chi connectivity index (χ0n) is 9.70. The van der Waals surface area contributed by atoms with Gasteiger partial charge < -0.3 is 4.74 Å². The molecule has 2 rings (SSSR count). The zero-order chi connectivity index (χ0) is 13.0. The van der Waals surface area contributed by atoms with Crippen LogP contribution in [0.4, 0.5) is 0 Å². The van der Waals surface area contributed by atoms with Crippen molar-refractivity contribution in [3.05, 3.63) is 52.8 Å². The maximum atomic E-state index is 11.9. The Hall–Kier alpha value is -1.64. The summed E-state index contributed by atoms with van der Waals surface area (Å²) in [7, 11) is -3.08. The summed E-state index contributed by atoms with van der Waals surface area (Å²) in [6, 6.07) is 6.96. The molecule has 3 nitrogen and oxygen atoms in total. The van der Waals surface area contributed by atoms with E-state index in [2.05, 4.69) is 11.2 Å². The minimum absolute atomic E-state index is 0.654. The lowest BCUT2D eigenvalue weighted by Crippen LogP contribution is -1.92. The van der Waals surface area contributed by atoms with E-state index in [1.165, 1.54) is 0 Å². The van der Waals surface area contributed by atoms with Gasteiger partial charge in [-0.2, -0.15) is 0 Å². The third-order valence-corrected chi connectivity index (χ3v) is 6.79. The molecular weight excluding hydrogens is 268 g/mol. The summed E-state index contributed by atoms with van der Waals surface area (Å²) in [5.74, 6) is 3.39. The second kappa shape index (κ2) is 5.34. The number of hydrogen-bond donors (Lipinski definition) is 1. The summed E-state index contributed by atoms with van der Waals surface area (Å²) in [6.07, 6.45) is 3.47. The molecule has 0 spiro atoms. The fourth-order valence-corrected chi connectivity index (χ4v) is 4.48. The van der Waals surface area contributed by atoms with Crippen LogP contribution in [-0.4, -0.2) is 15.5 Å². The molecule has 0 aliphatic carbocycles. The molecule has 18 heavy (non-hydrogen) atoms. The van der Waals surface area contributed by atoms with E-state index in [1.54, 1.807) is 54.3 Å². The molecule has 1 aromatic carbocycles. The molecule has 0 bridgehead atoms. The van der Waals surface area contributed by atoms with Gasteiger partial charge in [0.2, 0.25) is 0 Å². The lowest BCUT2D eigenvalue weighted by molar-refractivity contribution is 0.415. The molecule has 1 aromatic rings. The Morgan fingerprint density at radius 2 is 1.72 bits per heavy atom. The van der Waals surface area contributed by atoms with Gasteiger partial charge in [0.1, 0.15) is 5.75 Å². The number of hydrogen-bond acceptors (Lipinski definition) is 3. The van der Waals surface area contributed by atoms with Gasteiger partial charge in [-0.25, -0.2) is 8.42 Å². The Kier molecular flexibility index (Phi) is 3.80. The first-order chi connectivity index (χ1) is 8.62. The van der Waals surface area contributed by atoms with Gasteiger partial charge in [-0.1, -0.05) is 22.1 Å². The first kappa shape index (κ1) is 12.8. The Morgan fingerprint density at radius 3 is 2.28 bits per heavy atom. The van der Waals surface area contributed by atoms with E-state index in [-0.39, 0.29) is 0 Å². The zero-order valence-corrected chi connectivity index (χ0v) is 11.4. The lowest BCUT2D eigenvalue weighted by Gasteiger charge is -2.04. The molecule has 1 aliphatic heterocycles. The average molecular weight is 280 g/mol. The molecule has 0 saturated heterocycles. The van der Waals surface area contributed by atoms with E-state index in [4.69, 9.17) is 4.74 Å². The predicted molar refractivity (Wildman–Crippen MR) is 76.1 cm³/mol. The molecule has 5 heteroatoms. The molecule has 0 unspecified atom stereocenters. The topological polar surface area (TPSA) is 43.4 Å². The van der Waals surface area contributed by atoms with Crippen molar-refractivity contribution in [3.63, 3.8) is 0 Å². The fourth-order valence-electron chi connectivity index (χ4n) is 1.33. The molecule has 0 amide bonds. The Labute approximate surface area is 109 Å². The van der Waals surface area contributed by atoms with Crippen molar-refractivity contribution < 1.29 is 13.2 Å². The summed E-state index contributed by atoms with van der Waals surface area (Å²) >= 11 is 0. The highest BCUT2D eigenvalue weighted by molar-refractivity contribution is 8.85. The van der Waals surface area contributed by atoms with Gasteiger partial charge in [0.15, 0.2) is 0 Å². The minimum Gasteiger partial charge on any atom is -0.497 e. The molecule has 0 aromatic heterocycles. The average Bonchev–Trinajstić information content (AvgIpc) is 2.92. The fraction of sp³-hybridized carbons (Fsp3) is 0.0769. The Bertz CT molecular complexity index is 632. The van der Waals surface area contributed by atoms with Gasteiger partial charge in [0.05, 0.1) is 7.11 Å². The van der Waals surface area contributed by atoms with E-state index >= 15 is 0 Å². The number of rotatable bonds is 2. The molecular formula is C13H12O3S2. The molecule has 0 saturated carbocycles. The summed E-state index contributed by atoms with van der Waals surface area (Å²) < 4.78 is 28.7. The van der Waals surface area contributed by atoms with Crippen molar-refractivity contribution in [1.29, 1.82) is 0 Å². The van der Waals surface area contributed by atoms with Crippen molar-refractivity contribution >= 4 is 18.8 Å². The highest BCUT2D eigenvalue weighted by atomic mass is 33.2. The van der Waals surface area contributed by atoms with Crippen LogP contribution in [0.2, 0.25) is 0 Å². The smallest absolute Gasteiger partial charge is 0.256 e. The molecule has 0 N–H and O–H groups in total. The quantitative estimate of drug-likeness (QED) is 0.514. The second-order valence-corrected chi connectivity index (χ2v) is 8.65. The summed E-state index contributed by atoms with van der Waals surface area (Å²) in [5.41, 5.74) is 0.654. The van der Waals surface area contributed by atoms with Crippen molar-refractivity contribution in [2.24, 2.45) is 0 Å². The van der Waals surface area contributed by atoms with Gasteiger partial charge >= 0.3 is 0 Å². The van der Waals surface area contributed by atoms with Crippen LogP contribution in [0, 0.1) is 11.2 Å². The van der Waals surface area contributed by atoms with Crippen molar-refractivity contribution in [1.82, 2.24) is 0 Å². The van der Waals surface area contributed by atoms with Gasteiger partial charge in [-0.3, -0.25) is 0 Å². The molecule has 0 atom stereocenters. The van der Waals surface area contributed by atoms with Crippen molar-refractivity contribution in [3.8, 4) is 16.9 Å². The first-order valence-electron chi connectivity index (χ1n) is 5.17. The highest BCUT2D eigenvalue weighted by Crippen LogP contribution is 2.39. The lowest BCUT2D eigenvalue weighted by atomic mass is 10.2. The highest BCUT2D eigenvalue weighted by Gasteiger charge is 2.14.